The second-order valence-corrected chi connectivity index (χ2v) is 6.40. The van der Waals surface area contributed by atoms with Gasteiger partial charge in [0.05, 0.1) is 0 Å². The van der Waals surface area contributed by atoms with E-state index >= 15 is 0 Å². The molecule has 0 saturated carbocycles. The first kappa shape index (κ1) is 18.5. The number of nitrogens with zero attached hydrogens (tertiary/aromatic N) is 2. The maximum atomic E-state index is 12.4. The van der Waals surface area contributed by atoms with Crippen molar-refractivity contribution in [1.29, 1.82) is 0 Å². The Labute approximate surface area is 159 Å². The first-order chi connectivity index (χ1) is 13.1. The fourth-order valence-electron chi connectivity index (χ4n) is 2.54. The third kappa shape index (κ3) is 5.31. The molecule has 0 unspecified atom stereocenters. The van der Waals surface area contributed by atoms with Gasteiger partial charge in [-0.1, -0.05) is 42.5 Å². The summed E-state index contributed by atoms with van der Waals surface area (Å²) in [6.45, 7) is 0.893. The van der Waals surface area contributed by atoms with Gasteiger partial charge in [-0.05, 0) is 35.4 Å². The van der Waals surface area contributed by atoms with E-state index in [2.05, 4.69) is 10.3 Å². The highest BCUT2D eigenvalue weighted by Gasteiger charge is 2.07. The van der Waals surface area contributed by atoms with Crippen molar-refractivity contribution < 1.29 is 9.53 Å². The third-order valence-electron chi connectivity index (χ3n) is 4.06. The van der Waals surface area contributed by atoms with Gasteiger partial charge in [-0.2, -0.15) is 0 Å². The molecule has 0 aliphatic heterocycles. The van der Waals surface area contributed by atoms with Gasteiger partial charge in [0.25, 0.3) is 5.91 Å². The van der Waals surface area contributed by atoms with Crippen LogP contribution in [0.4, 0.5) is 5.82 Å². The van der Waals surface area contributed by atoms with Gasteiger partial charge < -0.3 is 15.0 Å². The van der Waals surface area contributed by atoms with Crippen LogP contribution in [0.1, 0.15) is 21.5 Å². The lowest BCUT2D eigenvalue weighted by Gasteiger charge is -2.12. The fourth-order valence-corrected chi connectivity index (χ4v) is 2.54. The molecule has 138 valence electrons. The maximum Gasteiger partial charge on any atom is 0.251 e. The molecule has 5 nitrogen and oxygen atoms in total. The summed E-state index contributed by atoms with van der Waals surface area (Å²) in [5, 5.41) is 2.92. The average Bonchev–Trinajstić information content (AvgIpc) is 2.72. The quantitative estimate of drug-likeness (QED) is 0.698. The monoisotopic (exact) mass is 361 g/mol. The Morgan fingerprint density at radius 1 is 1.00 bits per heavy atom. The van der Waals surface area contributed by atoms with E-state index in [4.69, 9.17) is 4.74 Å². The molecule has 0 radical (unpaired) electrons. The predicted octanol–water partition coefficient (Wildman–Crippen LogP) is 3.66. The van der Waals surface area contributed by atoms with Crippen LogP contribution in [-0.4, -0.2) is 25.0 Å². The molecular formula is C22H23N3O2. The number of benzene rings is 2. The van der Waals surface area contributed by atoms with Crippen LogP contribution in [0.25, 0.3) is 0 Å². The number of amides is 1. The minimum absolute atomic E-state index is 0.142. The van der Waals surface area contributed by atoms with Crippen molar-refractivity contribution in [3.05, 3.63) is 89.6 Å². The molecule has 3 rings (SSSR count). The van der Waals surface area contributed by atoms with Crippen molar-refractivity contribution in [2.24, 2.45) is 0 Å². The predicted molar refractivity (Wildman–Crippen MR) is 107 cm³/mol. The van der Waals surface area contributed by atoms with Crippen molar-refractivity contribution in [1.82, 2.24) is 10.3 Å². The smallest absolute Gasteiger partial charge is 0.251 e. The average molecular weight is 361 g/mol. The standard InChI is InChI=1S/C22H23N3O2/c1-25(2)21-12-11-18(14-23-21)15-24-22(26)19-9-6-10-20(13-19)27-16-17-7-4-3-5-8-17/h3-14H,15-16H2,1-2H3,(H,24,26). The van der Waals surface area contributed by atoms with E-state index in [1.165, 1.54) is 0 Å². The molecule has 1 aromatic heterocycles. The Balaban J connectivity index is 1.56. The zero-order chi connectivity index (χ0) is 19.1. The molecule has 0 spiro atoms. The van der Waals surface area contributed by atoms with Crippen LogP contribution in [0.5, 0.6) is 5.75 Å². The summed E-state index contributed by atoms with van der Waals surface area (Å²) in [7, 11) is 3.88. The summed E-state index contributed by atoms with van der Waals surface area (Å²) in [5.41, 5.74) is 2.60. The molecule has 3 aromatic rings. The molecule has 0 aliphatic rings. The van der Waals surface area contributed by atoms with Crippen LogP contribution in [-0.2, 0) is 13.2 Å². The number of pyridine rings is 1. The van der Waals surface area contributed by atoms with Crippen molar-refractivity contribution in [2.45, 2.75) is 13.2 Å². The fraction of sp³-hybridized carbons (Fsp3) is 0.182. The molecule has 0 bridgehead atoms. The molecule has 5 heteroatoms. The second kappa shape index (κ2) is 8.85. The second-order valence-electron chi connectivity index (χ2n) is 6.40. The normalized spacial score (nSPS) is 10.3. The largest absolute Gasteiger partial charge is 0.489 e. The van der Waals surface area contributed by atoms with E-state index in [-0.39, 0.29) is 5.91 Å². The number of hydrogen-bond acceptors (Lipinski definition) is 4. The minimum atomic E-state index is -0.142. The van der Waals surface area contributed by atoms with Gasteiger partial charge >= 0.3 is 0 Å². The Morgan fingerprint density at radius 3 is 2.52 bits per heavy atom. The summed E-state index contributed by atoms with van der Waals surface area (Å²) in [5.74, 6) is 1.41. The zero-order valence-corrected chi connectivity index (χ0v) is 15.6. The van der Waals surface area contributed by atoms with Crippen molar-refractivity contribution in [3.63, 3.8) is 0 Å². The van der Waals surface area contributed by atoms with Crippen LogP contribution in [0.3, 0.4) is 0 Å². The molecule has 2 aromatic carbocycles. The Bertz CT molecular complexity index is 878. The first-order valence-corrected chi connectivity index (χ1v) is 8.79. The van der Waals surface area contributed by atoms with Crippen molar-refractivity contribution in [2.75, 3.05) is 19.0 Å². The number of aromatic nitrogens is 1. The van der Waals surface area contributed by atoms with E-state index in [9.17, 15) is 4.79 Å². The van der Waals surface area contributed by atoms with Crippen LogP contribution < -0.4 is 15.0 Å². The molecule has 1 amide bonds. The lowest BCUT2D eigenvalue weighted by Crippen LogP contribution is -2.23. The van der Waals surface area contributed by atoms with Crippen LogP contribution >= 0.6 is 0 Å². The van der Waals surface area contributed by atoms with Gasteiger partial charge in [-0.15, -0.1) is 0 Å². The SMILES string of the molecule is CN(C)c1ccc(CNC(=O)c2cccc(OCc3ccccc3)c2)cn1. The van der Waals surface area contributed by atoms with E-state index in [0.717, 1.165) is 16.9 Å². The van der Waals surface area contributed by atoms with Crippen LogP contribution in [0, 0.1) is 0 Å². The molecule has 0 atom stereocenters. The third-order valence-corrected chi connectivity index (χ3v) is 4.06. The van der Waals surface area contributed by atoms with E-state index in [1.807, 2.05) is 73.6 Å². The first-order valence-electron chi connectivity index (χ1n) is 8.79. The van der Waals surface area contributed by atoms with Gasteiger partial charge in [0.2, 0.25) is 0 Å². The van der Waals surface area contributed by atoms with Crippen molar-refractivity contribution >= 4 is 11.7 Å². The molecule has 27 heavy (non-hydrogen) atoms. The summed E-state index contributed by atoms with van der Waals surface area (Å²) >= 11 is 0. The van der Waals surface area contributed by atoms with Gasteiger partial charge in [0.15, 0.2) is 0 Å². The van der Waals surface area contributed by atoms with Crippen LogP contribution in [0.2, 0.25) is 0 Å². The topological polar surface area (TPSA) is 54.5 Å². The number of anilines is 1. The Kier molecular flexibility index (Phi) is 6.05. The minimum Gasteiger partial charge on any atom is -0.489 e. The number of ether oxygens (including phenoxy) is 1. The van der Waals surface area contributed by atoms with Crippen LogP contribution in [0.15, 0.2) is 72.9 Å². The molecular weight excluding hydrogens is 338 g/mol. The molecule has 1 heterocycles. The van der Waals surface area contributed by atoms with E-state index in [1.54, 1.807) is 18.3 Å². The Hall–Kier alpha value is -3.34. The van der Waals surface area contributed by atoms with E-state index in [0.29, 0.717) is 24.5 Å². The molecule has 1 N–H and O–H groups in total. The van der Waals surface area contributed by atoms with E-state index < -0.39 is 0 Å². The highest BCUT2D eigenvalue weighted by molar-refractivity contribution is 5.94. The number of nitrogens with one attached hydrogen (secondary N) is 1. The van der Waals surface area contributed by atoms with Gasteiger partial charge in [0.1, 0.15) is 18.2 Å². The maximum absolute atomic E-state index is 12.4. The summed E-state index contributed by atoms with van der Waals surface area (Å²) in [4.78, 5) is 18.7. The molecule has 0 fully saturated rings. The lowest BCUT2D eigenvalue weighted by atomic mass is 10.2. The highest BCUT2D eigenvalue weighted by Crippen LogP contribution is 2.15. The molecule has 0 aliphatic carbocycles. The number of rotatable bonds is 7. The van der Waals surface area contributed by atoms with Gasteiger partial charge in [-0.25, -0.2) is 4.98 Å². The number of carbonyl (C=O) groups is 1. The Morgan fingerprint density at radius 2 is 1.81 bits per heavy atom. The van der Waals surface area contributed by atoms with Gasteiger partial charge in [-0.3, -0.25) is 4.79 Å². The number of hydrogen-bond donors (Lipinski definition) is 1. The zero-order valence-electron chi connectivity index (χ0n) is 15.6. The summed E-state index contributed by atoms with van der Waals surface area (Å²) in [6, 6.07) is 21.0. The summed E-state index contributed by atoms with van der Waals surface area (Å²) in [6.07, 6.45) is 1.77. The number of carbonyl (C=O) groups excluding carboxylic acids is 1. The van der Waals surface area contributed by atoms with Gasteiger partial charge in [0, 0.05) is 32.4 Å². The highest BCUT2D eigenvalue weighted by atomic mass is 16.5. The lowest BCUT2D eigenvalue weighted by molar-refractivity contribution is 0.0950. The molecule has 0 saturated heterocycles. The summed E-state index contributed by atoms with van der Waals surface area (Å²) < 4.78 is 5.79. The van der Waals surface area contributed by atoms with Crippen molar-refractivity contribution in [3.8, 4) is 5.75 Å².